The molecule has 2 unspecified atom stereocenters. The van der Waals surface area contributed by atoms with Gasteiger partial charge in [-0.05, 0) is 43.4 Å². The summed E-state index contributed by atoms with van der Waals surface area (Å²) in [5.74, 6) is 0.509. The molecule has 2 atom stereocenters. The van der Waals surface area contributed by atoms with Gasteiger partial charge in [0, 0.05) is 17.6 Å². The summed E-state index contributed by atoms with van der Waals surface area (Å²) >= 11 is 12.1. The largest absolute Gasteiger partial charge is 0.392 e. The Hall–Kier alpha value is -0.330. The highest BCUT2D eigenvalue weighted by Gasteiger charge is 2.35. The molecule has 4 nitrogen and oxygen atoms in total. The molecule has 1 fully saturated rings. The molecule has 0 aromatic heterocycles. The second-order valence-electron chi connectivity index (χ2n) is 5.63. The number of hydrogen-bond acceptors (Lipinski definition) is 3. The molecule has 0 saturated carbocycles. The van der Waals surface area contributed by atoms with Crippen LogP contribution < -0.4 is 0 Å². The van der Waals surface area contributed by atoms with Gasteiger partial charge in [0.2, 0.25) is 10.0 Å². The summed E-state index contributed by atoms with van der Waals surface area (Å²) in [6.07, 6.45) is 1.65. The highest BCUT2D eigenvalue weighted by atomic mass is 35.5. The van der Waals surface area contributed by atoms with Crippen LogP contribution >= 0.6 is 23.2 Å². The predicted octanol–water partition coefficient (Wildman–Crippen LogP) is 3.29. The second-order valence-corrected chi connectivity index (χ2v) is 8.30. The van der Waals surface area contributed by atoms with Gasteiger partial charge >= 0.3 is 0 Å². The predicted molar refractivity (Wildman–Crippen MR) is 84.1 cm³/mol. The van der Waals surface area contributed by atoms with E-state index in [1.807, 2.05) is 6.92 Å². The zero-order chi connectivity index (χ0) is 15.8. The van der Waals surface area contributed by atoms with E-state index < -0.39 is 10.0 Å². The zero-order valence-corrected chi connectivity index (χ0v) is 14.3. The minimum atomic E-state index is -3.71. The summed E-state index contributed by atoms with van der Waals surface area (Å²) in [5, 5.41) is 9.58. The molecule has 118 valence electrons. The Kier molecular flexibility index (Phi) is 5.21. The average molecular weight is 352 g/mol. The summed E-state index contributed by atoms with van der Waals surface area (Å²) < 4.78 is 27.2. The molecule has 0 radical (unpaired) electrons. The van der Waals surface area contributed by atoms with E-state index in [1.54, 1.807) is 0 Å². The number of piperidine rings is 1. The number of benzene rings is 1. The van der Waals surface area contributed by atoms with Gasteiger partial charge in [-0.2, -0.15) is 4.31 Å². The van der Waals surface area contributed by atoms with Crippen LogP contribution in [-0.2, 0) is 16.6 Å². The Morgan fingerprint density at radius 1 is 1.33 bits per heavy atom. The van der Waals surface area contributed by atoms with E-state index in [2.05, 4.69) is 6.92 Å². The molecule has 1 heterocycles. The van der Waals surface area contributed by atoms with Crippen LogP contribution in [-0.4, -0.2) is 30.4 Å². The van der Waals surface area contributed by atoms with Gasteiger partial charge in [-0.25, -0.2) is 8.42 Å². The molecule has 1 aromatic carbocycles. The maximum Gasteiger partial charge on any atom is 0.244 e. The number of sulfonamides is 1. The maximum absolute atomic E-state index is 12.8. The fraction of sp³-hybridized carbons (Fsp3) is 0.571. The first-order chi connectivity index (χ1) is 9.77. The fourth-order valence-electron chi connectivity index (χ4n) is 2.79. The average Bonchev–Trinajstić information content (AvgIpc) is 2.40. The van der Waals surface area contributed by atoms with Crippen LogP contribution in [0.4, 0.5) is 0 Å². The molecule has 21 heavy (non-hydrogen) atoms. The first-order valence-corrected chi connectivity index (χ1v) is 9.07. The lowest BCUT2D eigenvalue weighted by Gasteiger charge is -2.35. The van der Waals surface area contributed by atoms with Gasteiger partial charge < -0.3 is 5.11 Å². The summed E-state index contributed by atoms with van der Waals surface area (Å²) in [6, 6.07) is 2.75. The molecule has 1 aliphatic rings. The van der Waals surface area contributed by atoms with E-state index >= 15 is 0 Å². The van der Waals surface area contributed by atoms with Gasteiger partial charge in [0.05, 0.1) is 11.6 Å². The lowest BCUT2D eigenvalue weighted by atomic mass is 9.95. The van der Waals surface area contributed by atoms with Gasteiger partial charge in [-0.15, -0.1) is 0 Å². The van der Waals surface area contributed by atoms with Crippen molar-refractivity contribution in [2.24, 2.45) is 5.92 Å². The van der Waals surface area contributed by atoms with Crippen LogP contribution in [0.5, 0.6) is 0 Å². The minimum Gasteiger partial charge on any atom is -0.392 e. The first kappa shape index (κ1) is 17.0. The lowest BCUT2D eigenvalue weighted by Crippen LogP contribution is -2.44. The van der Waals surface area contributed by atoms with E-state index in [9.17, 15) is 13.5 Å². The maximum atomic E-state index is 12.8. The highest BCUT2D eigenvalue weighted by Crippen LogP contribution is 2.34. The van der Waals surface area contributed by atoms with Crippen molar-refractivity contribution in [2.75, 3.05) is 6.54 Å². The van der Waals surface area contributed by atoms with Gasteiger partial charge in [0.25, 0.3) is 0 Å². The molecule has 2 rings (SSSR count). The van der Waals surface area contributed by atoms with Crippen LogP contribution in [0, 0.1) is 5.92 Å². The second kappa shape index (κ2) is 6.42. The summed E-state index contributed by atoms with van der Waals surface area (Å²) in [7, 11) is -3.71. The molecule has 0 spiro atoms. The van der Waals surface area contributed by atoms with Crippen molar-refractivity contribution < 1.29 is 13.5 Å². The summed E-state index contributed by atoms with van der Waals surface area (Å²) in [5.41, 5.74) is 0.320. The quantitative estimate of drug-likeness (QED) is 0.908. The molecule has 1 aromatic rings. The SMILES string of the molecule is CC1CCN(S(=O)(=O)c2cc(Cl)cc(CO)c2Cl)C(C)C1. The number of hydrogen-bond donors (Lipinski definition) is 1. The van der Waals surface area contributed by atoms with Gasteiger partial charge in [-0.1, -0.05) is 30.1 Å². The monoisotopic (exact) mass is 351 g/mol. The van der Waals surface area contributed by atoms with Crippen LogP contribution in [0.25, 0.3) is 0 Å². The van der Waals surface area contributed by atoms with E-state index in [0.717, 1.165) is 12.8 Å². The number of aliphatic hydroxyl groups is 1. The van der Waals surface area contributed by atoms with Crippen molar-refractivity contribution in [1.82, 2.24) is 4.31 Å². The van der Waals surface area contributed by atoms with Crippen molar-refractivity contribution >= 4 is 33.2 Å². The van der Waals surface area contributed by atoms with Gasteiger partial charge in [-0.3, -0.25) is 0 Å². The molecule has 0 aliphatic carbocycles. The van der Waals surface area contributed by atoms with Crippen molar-refractivity contribution in [2.45, 2.75) is 44.2 Å². The number of rotatable bonds is 3. The zero-order valence-electron chi connectivity index (χ0n) is 12.0. The van der Waals surface area contributed by atoms with Crippen molar-refractivity contribution in [3.8, 4) is 0 Å². The third-order valence-corrected chi connectivity index (χ3v) is 6.73. The van der Waals surface area contributed by atoms with Gasteiger partial charge in [0.15, 0.2) is 0 Å². The standard InChI is InChI=1S/C14H19Cl2NO3S/c1-9-3-4-17(10(2)5-9)21(19,20)13-7-12(15)6-11(8-18)14(13)16/h6-7,9-10,18H,3-5,8H2,1-2H3. The van der Waals surface area contributed by atoms with E-state index in [4.69, 9.17) is 23.2 Å². The normalized spacial score (nSPS) is 24.2. The van der Waals surface area contributed by atoms with Crippen LogP contribution in [0.1, 0.15) is 32.3 Å². The van der Waals surface area contributed by atoms with Crippen LogP contribution in [0.2, 0.25) is 10.0 Å². The Morgan fingerprint density at radius 2 is 2.00 bits per heavy atom. The molecule has 1 saturated heterocycles. The molecule has 7 heteroatoms. The molecule has 0 amide bonds. The Balaban J connectivity index is 2.47. The van der Waals surface area contributed by atoms with E-state index in [1.165, 1.54) is 16.4 Å². The third-order valence-electron chi connectivity index (χ3n) is 3.91. The van der Waals surface area contributed by atoms with Crippen LogP contribution in [0.3, 0.4) is 0 Å². The van der Waals surface area contributed by atoms with E-state index in [0.29, 0.717) is 18.0 Å². The fourth-order valence-corrected chi connectivity index (χ4v) is 5.35. The molecule has 0 bridgehead atoms. The summed E-state index contributed by atoms with van der Waals surface area (Å²) in [6.45, 7) is 4.14. The smallest absolute Gasteiger partial charge is 0.244 e. The van der Waals surface area contributed by atoms with Crippen molar-refractivity contribution in [3.05, 3.63) is 27.7 Å². The molecule has 1 N–H and O–H groups in total. The Labute approximate surface area is 135 Å². The van der Waals surface area contributed by atoms with Crippen LogP contribution in [0.15, 0.2) is 17.0 Å². The van der Waals surface area contributed by atoms with Crippen molar-refractivity contribution in [1.29, 1.82) is 0 Å². The highest BCUT2D eigenvalue weighted by molar-refractivity contribution is 7.89. The number of nitrogens with zero attached hydrogens (tertiary/aromatic N) is 1. The number of aliphatic hydroxyl groups excluding tert-OH is 1. The molecular formula is C14H19Cl2NO3S. The Morgan fingerprint density at radius 3 is 2.57 bits per heavy atom. The Bertz CT molecular complexity index is 633. The molecule has 1 aliphatic heterocycles. The molecular weight excluding hydrogens is 333 g/mol. The third kappa shape index (κ3) is 3.37. The minimum absolute atomic E-state index is 0.0258. The van der Waals surface area contributed by atoms with Crippen molar-refractivity contribution in [3.63, 3.8) is 0 Å². The lowest BCUT2D eigenvalue weighted by molar-refractivity contribution is 0.220. The van der Waals surface area contributed by atoms with E-state index in [-0.39, 0.29) is 27.6 Å². The summed E-state index contributed by atoms with van der Waals surface area (Å²) in [4.78, 5) is -0.0258. The topological polar surface area (TPSA) is 57.6 Å². The number of halogens is 2. The van der Waals surface area contributed by atoms with Gasteiger partial charge in [0.1, 0.15) is 4.90 Å². The first-order valence-electron chi connectivity index (χ1n) is 6.88.